The first-order chi connectivity index (χ1) is 7.41. The molecule has 2 N–H and O–H groups in total. The van der Waals surface area contributed by atoms with Crippen LogP contribution in [0.1, 0.15) is 39.5 Å². The monoisotopic (exact) mass is 214 g/mol. The van der Waals surface area contributed by atoms with Gasteiger partial charge in [0.1, 0.15) is 0 Å². The van der Waals surface area contributed by atoms with Gasteiger partial charge in [0.25, 0.3) is 0 Å². The highest BCUT2D eigenvalue weighted by Gasteiger charge is 1.90. The van der Waals surface area contributed by atoms with Crippen LogP contribution in [0.2, 0.25) is 0 Å². The average molecular weight is 214 g/mol. The van der Waals surface area contributed by atoms with Gasteiger partial charge >= 0.3 is 0 Å². The predicted molar refractivity (Wildman–Crippen MR) is 67.4 cm³/mol. The zero-order chi connectivity index (χ0) is 11.2. The van der Waals surface area contributed by atoms with Crippen LogP contribution < -0.4 is 16.0 Å². The van der Waals surface area contributed by atoms with Gasteiger partial charge in [-0.05, 0) is 25.9 Å². The normalized spacial score (nSPS) is 10.8. The molecule has 0 aliphatic heterocycles. The average Bonchev–Trinajstić information content (AvgIpc) is 2.26. The lowest BCUT2D eigenvalue weighted by molar-refractivity contribution is 0.559. The Balaban J connectivity index is 2.81. The minimum atomic E-state index is 0.958. The summed E-state index contributed by atoms with van der Waals surface area (Å²) in [5.74, 6) is 0. The van der Waals surface area contributed by atoms with E-state index in [4.69, 9.17) is 0 Å². The summed E-state index contributed by atoms with van der Waals surface area (Å²) in [5, 5.41) is 11.2. The van der Waals surface area contributed by atoms with Gasteiger partial charge in [-0.15, -0.1) is 0 Å². The number of rotatable bonds is 12. The summed E-state index contributed by atoms with van der Waals surface area (Å²) in [4.78, 5) is 0. The smallest absolute Gasteiger partial charge is 0.0259 e. The second kappa shape index (κ2) is 13.9. The van der Waals surface area contributed by atoms with Crippen molar-refractivity contribution in [3.05, 3.63) is 0 Å². The van der Waals surface area contributed by atoms with Crippen molar-refractivity contribution in [1.29, 1.82) is 0 Å². The Morgan fingerprint density at radius 1 is 0.733 bits per heavy atom. The predicted octanol–water partition coefficient (Wildman–Crippen LogP) is 1.37. The van der Waals surface area contributed by atoms with Crippen molar-refractivity contribution in [3.8, 4) is 0 Å². The molecule has 0 unspecified atom stereocenters. The summed E-state index contributed by atoms with van der Waals surface area (Å²) in [6, 6.07) is 0. The van der Waals surface area contributed by atoms with E-state index in [0.717, 1.165) is 39.3 Å². The SMILES string of the molecule is CCCCNCC[N]CCNCCCC. The van der Waals surface area contributed by atoms with Crippen molar-refractivity contribution >= 4 is 0 Å². The minimum absolute atomic E-state index is 0.958. The minimum Gasteiger partial charge on any atom is -0.315 e. The van der Waals surface area contributed by atoms with E-state index in [1.807, 2.05) is 0 Å². The summed E-state index contributed by atoms with van der Waals surface area (Å²) in [7, 11) is 0. The number of hydrogen-bond acceptors (Lipinski definition) is 2. The molecule has 0 aliphatic carbocycles. The van der Waals surface area contributed by atoms with Gasteiger partial charge in [-0.1, -0.05) is 26.7 Å². The molecule has 1 radical (unpaired) electrons. The third-order valence-corrected chi connectivity index (χ3v) is 2.31. The highest BCUT2D eigenvalue weighted by molar-refractivity contribution is 4.54. The van der Waals surface area contributed by atoms with Crippen molar-refractivity contribution in [1.82, 2.24) is 16.0 Å². The van der Waals surface area contributed by atoms with E-state index in [1.54, 1.807) is 0 Å². The van der Waals surface area contributed by atoms with Gasteiger partial charge in [-0.2, -0.15) is 0 Å². The third-order valence-electron chi connectivity index (χ3n) is 2.31. The van der Waals surface area contributed by atoms with E-state index < -0.39 is 0 Å². The van der Waals surface area contributed by atoms with Gasteiger partial charge in [-0.3, -0.25) is 0 Å². The second-order valence-corrected chi connectivity index (χ2v) is 3.88. The van der Waals surface area contributed by atoms with Crippen LogP contribution >= 0.6 is 0 Å². The lowest BCUT2D eigenvalue weighted by atomic mass is 10.3. The molecule has 0 rings (SSSR count). The Hall–Kier alpha value is -0.120. The Labute approximate surface area is 95.4 Å². The summed E-state index contributed by atoms with van der Waals surface area (Å²) in [6.07, 6.45) is 5.09. The van der Waals surface area contributed by atoms with Crippen LogP contribution in [0.15, 0.2) is 0 Å². The van der Waals surface area contributed by atoms with Crippen LogP contribution in [-0.2, 0) is 0 Å². The second-order valence-electron chi connectivity index (χ2n) is 3.88. The van der Waals surface area contributed by atoms with Crippen molar-refractivity contribution in [2.24, 2.45) is 0 Å². The van der Waals surface area contributed by atoms with E-state index in [2.05, 4.69) is 29.8 Å². The molecular formula is C12H28N3. The molecule has 0 bridgehead atoms. The van der Waals surface area contributed by atoms with Crippen molar-refractivity contribution < 1.29 is 0 Å². The fraction of sp³-hybridized carbons (Fsp3) is 1.00. The molecule has 0 aromatic rings. The fourth-order valence-corrected chi connectivity index (χ4v) is 1.28. The maximum atomic E-state index is 4.44. The summed E-state index contributed by atoms with van der Waals surface area (Å²) < 4.78 is 0. The molecule has 0 spiro atoms. The molecule has 0 saturated carbocycles. The van der Waals surface area contributed by atoms with Gasteiger partial charge in [-0.25, -0.2) is 5.32 Å². The first-order valence-corrected chi connectivity index (χ1v) is 6.46. The van der Waals surface area contributed by atoms with Gasteiger partial charge < -0.3 is 10.6 Å². The van der Waals surface area contributed by atoms with Crippen LogP contribution in [0.3, 0.4) is 0 Å². The topological polar surface area (TPSA) is 38.2 Å². The summed E-state index contributed by atoms with van der Waals surface area (Å²) >= 11 is 0. The van der Waals surface area contributed by atoms with E-state index in [-0.39, 0.29) is 0 Å². The first kappa shape index (κ1) is 14.9. The lowest BCUT2D eigenvalue weighted by Gasteiger charge is -2.05. The van der Waals surface area contributed by atoms with Crippen molar-refractivity contribution in [2.45, 2.75) is 39.5 Å². The molecule has 91 valence electrons. The number of nitrogens with zero attached hydrogens (tertiary/aromatic N) is 1. The lowest BCUT2D eigenvalue weighted by Crippen LogP contribution is -2.29. The Bertz CT molecular complexity index is 95.0. The van der Waals surface area contributed by atoms with E-state index >= 15 is 0 Å². The number of nitrogens with one attached hydrogen (secondary N) is 2. The van der Waals surface area contributed by atoms with E-state index in [0.29, 0.717) is 0 Å². The maximum absolute atomic E-state index is 4.44. The molecule has 0 amide bonds. The summed E-state index contributed by atoms with van der Waals surface area (Å²) in [6.45, 7) is 10.7. The Morgan fingerprint density at radius 2 is 1.20 bits per heavy atom. The maximum Gasteiger partial charge on any atom is 0.0259 e. The van der Waals surface area contributed by atoms with E-state index in [9.17, 15) is 0 Å². The zero-order valence-electron chi connectivity index (χ0n) is 10.5. The molecule has 0 aromatic heterocycles. The molecule has 0 heterocycles. The van der Waals surface area contributed by atoms with Gasteiger partial charge in [0.05, 0.1) is 0 Å². The molecular weight excluding hydrogens is 186 g/mol. The summed E-state index contributed by atoms with van der Waals surface area (Å²) in [5.41, 5.74) is 0. The molecule has 3 nitrogen and oxygen atoms in total. The van der Waals surface area contributed by atoms with Crippen LogP contribution in [-0.4, -0.2) is 39.3 Å². The molecule has 0 aliphatic rings. The fourth-order valence-electron chi connectivity index (χ4n) is 1.28. The van der Waals surface area contributed by atoms with Crippen molar-refractivity contribution in [3.63, 3.8) is 0 Å². The molecule has 3 heteroatoms. The van der Waals surface area contributed by atoms with Crippen molar-refractivity contribution in [2.75, 3.05) is 39.3 Å². The Morgan fingerprint density at radius 3 is 1.60 bits per heavy atom. The molecule has 0 atom stereocenters. The van der Waals surface area contributed by atoms with Gasteiger partial charge in [0.15, 0.2) is 0 Å². The molecule has 15 heavy (non-hydrogen) atoms. The zero-order valence-corrected chi connectivity index (χ0v) is 10.5. The molecule has 0 aromatic carbocycles. The third kappa shape index (κ3) is 13.9. The van der Waals surface area contributed by atoms with Crippen LogP contribution in [0.5, 0.6) is 0 Å². The quantitative estimate of drug-likeness (QED) is 0.482. The number of hydrogen-bond donors (Lipinski definition) is 2. The van der Waals surface area contributed by atoms with Gasteiger partial charge in [0, 0.05) is 26.2 Å². The van der Waals surface area contributed by atoms with E-state index in [1.165, 1.54) is 25.7 Å². The highest BCUT2D eigenvalue weighted by Crippen LogP contribution is 1.82. The highest BCUT2D eigenvalue weighted by atomic mass is 15.0. The first-order valence-electron chi connectivity index (χ1n) is 6.46. The van der Waals surface area contributed by atoms with Crippen LogP contribution in [0, 0.1) is 0 Å². The van der Waals surface area contributed by atoms with Gasteiger partial charge in [0.2, 0.25) is 0 Å². The molecule has 0 fully saturated rings. The Kier molecular flexibility index (Phi) is 13.8. The molecule has 0 saturated heterocycles. The number of unbranched alkanes of at least 4 members (excludes halogenated alkanes) is 2. The van der Waals surface area contributed by atoms with Crippen LogP contribution in [0.4, 0.5) is 0 Å². The standard InChI is InChI=1S/C12H28N3/c1-3-5-7-13-9-11-15-12-10-14-8-6-4-2/h13-14H,3-12H2,1-2H3. The largest absolute Gasteiger partial charge is 0.315 e. The van der Waals surface area contributed by atoms with Crippen LogP contribution in [0.25, 0.3) is 0 Å².